The maximum Gasteiger partial charge on any atom is 0.351 e. The molecule has 0 unspecified atom stereocenters. The van der Waals surface area contributed by atoms with E-state index in [-0.39, 0.29) is 18.8 Å². The van der Waals surface area contributed by atoms with Gasteiger partial charge in [-0.05, 0) is 44.6 Å². The molecule has 0 saturated carbocycles. The van der Waals surface area contributed by atoms with Crippen molar-refractivity contribution in [2.45, 2.75) is 115 Å². The Hall–Kier alpha value is -2.31. The second kappa shape index (κ2) is 17.2. The Morgan fingerprint density at radius 2 is 1.54 bits per heavy atom. The molecular weight excluding hydrogens is 480 g/mol. The topological polar surface area (TPSA) is 171 Å². The number of hydrogen-bond donors (Lipinski definition) is 5. The number of aliphatic hydroxyl groups is 2. The predicted molar refractivity (Wildman–Crippen MR) is 139 cm³/mol. The summed E-state index contributed by atoms with van der Waals surface area (Å²) in [6, 6.07) is 1.39. The number of carboxylic acids is 1. The van der Waals surface area contributed by atoms with Gasteiger partial charge in [0.15, 0.2) is 12.5 Å². The van der Waals surface area contributed by atoms with Gasteiger partial charge in [-0.15, -0.1) is 0 Å². The van der Waals surface area contributed by atoms with E-state index in [2.05, 4.69) is 17.1 Å². The summed E-state index contributed by atoms with van der Waals surface area (Å²) in [5.74, 6) is -0.678. The van der Waals surface area contributed by atoms with Gasteiger partial charge in [-0.25, -0.2) is 4.79 Å². The zero-order valence-corrected chi connectivity index (χ0v) is 21.7. The molecule has 1 aromatic heterocycles. The molecule has 2 rings (SSSR count). The van der Waals surface area contributed by atoms with E-state index in [9.17, 15) is 25.0 Å². The lowest BCUT2D eigenvalue weighted by molar-refractivity contribution is -0.235. The summed E-state index contributed by atoms with van der Waals surface area (Å²) in [4.78, 5) is 26.0. The maximum atomic E-state index is 12.0. The highest BCUT2D eigenvalue weighted by Gasteiger charge is 2.46. The number of hydrogen-bond acceptors (Lipinski definition) is 9. The van der Waals surface area contributed by atoms with Gasteiger partial charge < -0.3 is 31.0 Å². The average molecular weight is 525 g/mol. The van der Waals surface area contributed by atoms with Crippen LogP contribution in [-0.2, 0) is 9.53 Å². The molecule has 1 fully saturated rings. The van der Waals surface area contributed by atoms with Crippen molar-refractivity contribution in [3.8, 4) is 0 Å². The van der Waals surface area contributed by atoms with Crippen LogP contribution in [0.1, 0.15) is 96.1 Å². The van der Waals surface area contributed by atoms with Crippen LogP contribution in [0.25, 0.3) is 0 Å². The monoisotopic (exact) mass is 524 g/mol. The standard InChI is InChI=1S/C26H44N4O7/c27-20-17-19-29(26(35)28-20)24-22(33)23(34)25(37-24)30(36)18-15-13-11-9-7-5-3-1-2-4-6-8-10-12-14-16-21(31)32/h6,8,17,19,22-25,33-34,36H,1-5,7,9-16,18H2,(H,31,32)(H2,27,28,35)/b8-6-/t22-,23+,24-,25+/m1/s1. The number of aliphatic hydroxyl groups excluding tert-OH is 2. The second-order valence-electron chi connectivity index (χ2n) is 9.69. The van der Waals surface area contributed by atoms with E-state index in [4.69, 9.17) is 15.6 Å². The molecule has 11 heteroatoms. The molecule has 0 aromatic carbocycles. The third-order valence-electron chi connectivity index (χ3n) is 6.57. The van der Waals surface area contributed by atoms with Crippen LogP contribution in [0.15, 0.2) is 29.2 Å². The Balaban J connectivity index is 1.48. The fourth-order valence-electron chi connectivity index (χ4n) is 4.41. The first-order chi connectivity index (χ1) is 17.8. The summed E-state index contributed by atoms with van der Waals surface area (Å²) in [5, 5.41) is 40.4. The Bertz CT molecular complexity index is 879. The summed E-state index contributed by atoms with van der Waals surface area (Å²) >= 11 is 0. The molecule has 0 bridgehead atoms. The van der Waals surface area contributed by atoms with Gasteiger partial charge >= 0.3 is 11.7 Å². The maximum absolute atomic E-state index is 12.0. The number of nitrogens with zero attached hydrogens (tertiary/aromatic N) is 3. The van der Waals surface area contributed by atoms with Crippen molar-refractivity contribution in [2.24, 2.45) is 0 Å². The first-order valence-electron chi connectivity index (χ1n) is 13.5. The number of rotatable bonds is 19. The van der Waals surface area contributed by atoms with Gasteiger partial charge in [0.2, 0.25) is 0 Å². The Labute approximate surface area is 218 Å². The van der Waals surface area contributed by atoms with Crippen molar-refractivity contribution in [3.05, 3.63) is 34.9 Å². The van der Waals surface area contributed by atoms with Crippen LogP contribution in [0, 0.1) is 0 Å². The highest BCUT2D eigenvalue weighted by atomic mass is 16.6. The molecule has 0 radical (unpaired) electrons. The molecule has 1 aliphatic heterocycles. The molecule has 1 aromatic rings. The van der Waals surface area contributed by atoms with E-state index in [1.54, 1.807) is 0 Å². The Morgan fingerprint density at radius 1 is 0.973 bits per heavy atom. The Morgan fingerprint density at radius 3 is 2.14 bits per heavy atom. The minimum atomic E-state index is -1.39. The van der Waals surface area contributed by atoms with Crippen molar-refractivity contribution in [1.29, 1.82) is 0 Å². The third kappa shape index (κ3) is 11.3. The smallest absolute Gasteiger partial charge is 0.351 e. The summed E-state index contributed by atoms with van der Waals surface area (Å²) in [6.45, 7) is 0.281. The van der Waals surface area contributed by atoms with Crippen LogP contribution >= 0.6 is 0 Å². The molecule has 1 saturated heterocycles. The summed E-state index contributed by atoms with van der Waals surface area (Å²) in [7, 11) is 0. The van der Waals surface area contributed by atoms with Crippen molar-refractivity contribution in [1.82, 2.24) is 14.6 Å². The van der Waals surface area contributed by atoms with Gasteiger partial charge in [0.1, 0.15) is 18.0 Å². The first-order valence-corrected chi connectivity index (χ1v) is 13.5. The van der Waals surface area contributed by atoms with Gasteiger partial charge in [0.25, 0.3) is 0 Å². The normalized spacial score (nSPS) is 21.8. The highest BCUT2D eigenvalue weighted by molar-refractivity contribution is 5.66. The van der Waals surface area contributed by atoms with E-state index >= 15 is 0 Å². The molecule has 37 heavy (non-hydrogen) atoms. The number of hydroxylamine groups is 2. The summed E-state index contributed by atoms with van der Waals surface area (Å²) in [5.41, 5.74) is 4.77. The van der Waals surface area contributed by atoms with Crippen LogP contribution in [0.3, 0.4) is 0 Å². The number of nitrogens with two attached hydrogens (primary N) is 1. The lowest BCUT2D eigenvalue weighted by atomic mass is 10.1. The van der Waals surface area contributed by atoms with Gasteiger partial charge in [-0.2, -0.15) is 10.0 Å². The number of carbonyl (C=O) groups is 1. The molecule has 0 amide bonds. The fourth-order valence-corrected chi connectivity index (χ4v) is 4.41. The van der Waals surface area contributed by atoms with E-state index < -0.39 is 36.3 Å². The molecule has 2 heterocycles. The van der Waals surface area contributed by atoms with Gasteiger partial charge in [-0.3, -0.25) is 9.36 Å². The van der Waals surface area contributed by atoms with Crippen LogP contribution in [-0.4, -0.2) is 66.1 Å². The van der Waals surface area contributed by atoms with Crippen LogP contribution < -0.4 is 11.4 Å². The number of nitrogen functional groups attached to an aromatic ring is 1. The first kappa shape index (κ1) is 30.9. The molecule has 6 N–H and O–H groups in total. The number of carboxylic acid groups (broad SMARTS) is 1. The van der Waals surface area contributed by atoms with E-state index in [1.165, 1.54) is 44.4 Å². The van der Waals surface area contributed by atoms with E-state index in [1.807, 2.05) is 0 Å². The summed E-state index contributed by atoms with van der Waals surface area (Å²) < 4.78 is 6.62. The molecular formula is C26H44N4O7. The van der Waals surface area contributed by atoms with E-state index in [0.717, 1.165) is 61.0 Å². The minimum absolute atomic E-state index is 0.0433. The van der Waals surface area contributed by atoms with Gasteiger partial charge in [0, 0.05) is 19.2 Å². The molecule has 11 nitrogen and oxygen atoms in total. The lowest BCUT2D eigenvalue weighted by Crippen LogP contribution is -2.42. The fraction of sp³-hybridized carbons (Fsp3) is 0.731. The molecule has 210 valence electrons. The number of allylic oxidation sites excluding steroid dienone is 2. The van der Waals surface area contributed by atoms with Crippen LogP contribution in [0.4, 0.5) is 5.82 Å². The van der Waals surface area contributed by atoms with Crippen molar-refractivity contribution in [3.63, 3.8) is 0 Å². The highest BCUT2D eigenvalue weighted by Crippen LogP contribution is 2.30. The summed E-state index contributed by atoms with van der Waals surface area (Å²) in [6.07, 6.45) is 14.5. The zero-order valence-electron chi connectivity index (χ0n) is 21.7. The van der Waals surface area contributed by atoms with Crippen molar-refractivity contribution < 1.29 is 30.1 Å². The third-order valence-corrected chi connectivity index (χ3v) is 6.57. The number of anilines is 1. The number of aliphatic carboxylic acids is 1. The minimum Gasteiger partial charge on any atom is -0.481 e. The molecule has 0 spiro atoms. The van der Waals surface area contributed by atoms with Gasteiger partial charge in [0.05, 0.1) is 0 Å². The van der Waals surface area contributed by atoms with Crippen molar-refractivity contribution in [2.75, 3.05) is 12.3 Å². The second-order valence-corrected chi connectivity index (χ2v) is 9.69. The number of ether oxygens (including phenoxy) is 1. The van der Waals surface area contributed by atoms with Crippen molar-refractivity contribution >= 4 is 11.8 Å². The SMILES string of the molecule is Nc1ccn([C@@H]2O[C@H](N(O)CCCCCCCCCCC/C=C\CCCCC(=O)O)[C@@H](O)[C@H]2O)c(=O)n1. The van der Waals surface area contributed by atoms with E-state index in [0.29, 0.717) is 0 Å². The van der Waals surface area contributed by atoms with Crippen LogP contribution in [0.5, 0.6) is 0 Å². The largest absolute Gasteiger partial charge is 0.481 e. The molecule has 0 aliphatic carbocycles. The van der Waals surface area contributed by atoms with Gasteiger partial charge in [-0.1, -0.05) is 57.1 Å². The molecule has 4 atom stereocenters. The average Bonchev–Trinajstić information content (AvgIpc) is 3.15. The Kier molecular flexibility index (Phi) is 14.4. The lowest BCUT2D eigenvalue weighted by Gasteiger charge is -2.24. The quantitative estimate of drug-likeness (QED) is 0.103. The van der Waals surface area contributed by atoms with Crippen LogP contribution in [0.2, 0.25) is 0 Å². The predicted octanol–water partition coefficient (Wildman–Crippen LogP) is 3.20. The number of unbranched alkanes of at least 4 members (excludes halogenated alkanes) is 11. The molecule has 1 aliphatic rings. The number of aromatic nitrogens is 2. The zero-order chi connectivity index (χ0) is 27.0.